The Bertz CT molecular complexity index is 1240. The number of nitrogens with zero attached hydrogens (tertiary/aromatic N) is 1. The lowest BCUT2D eigenvalue weighted by molar-refractivity contribution is -0.149. The van der Waals surface area contributed by atoms with Crippen LogP contribution in [0.2, 0.25) is 0 Å². The van der Waals surface area contributed by atoms with E-state index in [4.69, 9.17) is 30.1 Å². The second-order valence-corrected chi connectivity index (χ2v) is 13.6. The number of hydrogen-bond acceptors (Lipinski definition) is 11. The van der Waals surface area contributed by atoms with Gasteiger partial charge in [-0.05, 0) is 20.8 Å². The third-order valence-electron chi connectivity index (χ3n) is 5.21. The first-order valence-electron chi connectivity index (χ1n) is 12.1. The molecular weight excluding hydrogens is 603 g/mol. The van der Waals surface area contributed by atoms with Gasteiger partial charge in [0.2, 0.25) is 5.82 Å². The van der Waals surface area contributed by atoms with E-state index in [1.165, 1.54) is 6.92 Å². The molecule has 13 nitrogen and oxygen atoms in total. The van der Waals surface area contributed by atoms with Crippen molar-refractivity contribution in [3.8, 4) is 0 Å². The van der Waals surface area contributed by atoms with Crippen molar-refractivity contribution in [2.24, 2.45) is 5.41 Å². The predicted molar refractivity (Wildman–Crippen MR) is 141 cm³/mol. The SMILES string of the molecule is CC(C)OC(=O)[C@H](C)N[P@](=O)(OCCSC(=O)C(C)(C)C)OC[C@H]1O[C@@H](n2cc(F)c(=O)[nH]c2=O)[C@@](F)(Cl)[C@@H]1O. The number of carbonyl (C=O) groups excluding carboxylic acids is 2. The number of halogens is 3. The molecule has 1 aliphatic rings. The van der Waals surface area contributed by atoms with E-state index in [9.17, 15) is 33.2 Å². The summed E-state index contributed by atoms with van der Waals surface area (Å²) in [6, 6.07) is -1.21. The van der Waals surface area contributed by atoms with Crippen LogP contribution in [0.4, 0.5) is 8.78 Å². The fourth-order valence-electron chi connectivity index (χ4n) is 3.16. The van der Waals surface area contributed by atoms with Gasteiger partial charge in [-0.25, -0.2) is 18.8 Å². The zero-order valence-electron chi connectivity index (χ0n) is 22.6. The number of thioether (sulfide) groups is 1. The number of nitrogens with one attached hydrogen (secondary N) is 2. The second-order valence-electron chi connectivity index (χ2n) is 10.1. The second kappa shape index (κ2) is 13.6. The number of ether oxygens (including phenoxy) is 2. The van der Waals surface area contributed by atoms with Crippen molar-refractivity contribution in [3.63, 3.8) is 0 Å². The highest BCUT2D eigenvalue weighted by Gasteiger charge is 2.58. The highest BCUT2D eigenvalue weighted by Crippen LogP contribution is 2.48. The minimum atomic E-state index is -4.42. The highest BCUT2D eigenvalue weighted by atomic mass is 35.5. The Balaban J connectivity index is 2.19. The van der Waals surface area contributed by atoms with Gasteiger partial charge in [-0.3, -0.25) is 33.0 Å². The molecule has 1 aliphatic heterocycles. The Morgan fingerprint density at radius 1 is 1.32 bits per heavy atom. The summed E-state index contributed by atoms with van der Waals surface area (Å²) in [6.45, 7) is 8.56. The number of rotatable bonds is 12. The van der Waals surface area contributed by atoms with E-state index in [-0.39, 0.29) is 17.5 Å². The number of alkyl halides is 2. The maximum absolute atomic E-state index is 15.2. The lowest BCUT2D eigenvalue weighted by Crippen LogP contribution is -2.42. The summed E-state index contributed by atoms with van der Waals surface area (Å²) in [7, 11) is -4.42. The van der Waals surface area contributed by atoms with Crippen LogP contribution in [0, 0.1) is 11.2 Å². The van der Waals surface area contributed by atoms with Gasteiger partial charge in [-0.1, -0.05) is 44.1 Å². The summed E-state index contributed by atoms with van der Waals surface area (Å²) in [5.74, 6) is -2.17. The molecular formula is C22H33ClF2N3O10PS. The molecule has 2 rings (SSSR count). The van der Waals surface area contributed by atoms with E-state index >= 15 is 4.39 Å². The number of aromatic amines is 1. The molecule has 0 radical (unpaired) electrons. The predicted octanol–water partition coefficient (Wildman–Crippen LogP) is 2.22. The van der Waals surface area contributed by atoms with Crippen molar-refractivity contribution >= 4 is 42.2 Å². The van der Waals surface area contributed by atoms with Gasteiger partial charge in [-0.15, -0.1) is 0 Å². The van der Waals surface area contributed by atoms with E-state index in [1.807, 2.05) is 0 Å². The minimum Gasteiger partial charge on any atom is -0.462 e. The first-order valence-corrected chi connectivity index (χ1v) is 15.0. The largest absolute Gasteiger partial charge is 0.462 e. The Labute approximate surface area is 237 Å². The van der Waals surface area contributed by atoms with E-state index in [2.05, 4.69) is 5.09 Å². The van der Waals surface area contributed by atoms with Crippen molar-refractivity contribution in [1.82, 2.24) is 14.6 Å². The van der Waals surface area contributed by atoms with Gasteiger partial charge in [0, 0.05) is 11.2 Å². The van der Waals surface area contributed by atoms with Crippen LogP contribution in [-0.2, 0) is 32.7 Å². The van der Waals surface area contributed by atoms with Crippen LogP contribution in [0.3, 0.4) is 0 Å². The number of carbonyl (C=O) groups is 2. The molecule has 0 saturated carbocycles. The molecule has 3 N–H and O–H groups in total. The van der Waals surface area contributed by atoms with Crippen molar-refractivity contribution in [2.45, 2.75) is 77.3 Å². The zero-order valence-corrected chi connectivity index (χ0v) is 25.1. The van der Waals surface area contributed by atoms with Crippen molar-refractivity contribution in [2.75, 3.05) is 19.0 Å². The standard InChI is InChI=1S/C22H33ClF2N3O10PS/c1-11(2)37-17(31)12(3)27-39(34,35-7-8-40-19(32)21(4,5)6)36-10-14-15(29)22(23,25)18(38-14)28-9-13(24)16(30)26-20(28)33/h9,11-12,14-15,18,29H,7-8,10H2,1-6H3,(H,27,34)(H,26,30,33)/t12-,14+,15+,18+,22+,39-/m0/s1. The Kier molecular flexibility index (Phi) is 11.7. The molecule has 2 heterocycles. The molecule has 6 atom stereocenters. The van der Waals surface area contributed by atoms with Gasteiger partial charge in [0.25, 0.3) is 10.7 Å². The molecule has 0 spiro atoms. The molecule has 1 fully saturated rings. The maximum Gasteiger partial charge on any atom is 0.406 e. The van der Waals surface area contributed by atoms with Gasteiger partial charge in [0.1, 0.15) is 18.2 Å². The fourth-order valence-corrected chi connectivity index (χ4v) is 5.84. The number of hydrogen-bond donors (Lipinski definition) is 3. The summed E-state index contributed by atoms with van der Waals surface area (Å²) < 4.78 is 63.8. The molecule has 1 saturated heterocycles. The monoisotopic (exact) mass is 635 g/mol. The van der Waals surface area contributed by atoms with Crippen LogP contribution in [0.5, 0.6) is 0 Å². The minimum absolute atomic E-state index is 0.0660. The Morgan fingerprint density at radius 2 is 1.95 bits per heavy atom. The summed E-state index contributed by atoms with van der Waals surface area (Å²) in [6.07, 6.45) is -6.13. The summed E-state index contributed by atoms with van der Waals surface area (Å²) in [4.78, 5) is 49.4. The van der Waals surface area contributed by atoms with Crippen LogP contribution >= 0.6 is 31.1 Å². The average molecular weight is 636 g/mol. The van der Waals surface area contributed by atoms with Crippen LogP contribution in [-0.4, -0.2) is 74.2 Å². The third kappa shape index (κ3) is 8.92. The van der Waals surface area contributed by atoms with Gasteiger partial charge in [-0.2, -0.15) is 4.39 Å². The van der Waals surface area contributed by atoms with Crippen LogP contribution in [0.15, 0.2) is 15.8 Å². The Morgan fingerprint density at radius 3 is 2.52 bits per heavy atom. The topological polar surface area (TPSA) is 175 Å². The van der Waals surface area contributed by atoms with E-state index in [0.29, 0.717) is 10.8 Å². The van der Waals surface area contributed by atoms with Crippen LogP contribution in [0.25, 0.3) is 0 Å². The molecule has 228 valence electrons. The van der Waals surface area contributed by atoms with Gasteiger partial charge < -0.3 is 14.6 Å². The normalized spacial score (nSPS) is 25.5. The number of aliphatic hydroxyl groups is 1. The molecule has 0 aliphatic carbocycles. The van der Waals surface area contributed by atoms with Gasteiger partial charge >= 0.3 is 19.4 Å². The van der Waals surface area contributed by atoms with Gasteiger partial charge in [0.05, 0.1) is 25.5 Å². The molecule has 0 amide bonds. The van der Waals surface area contributed by atoms with Crippen molar-refractivity contribution < 1.29 is 46.6 Å². The van der Waals surface area contributed by atoms with Crippen LogP contribution < -0.4 is 16.3 Å². The smallest absolute Gasteiger partial charge is 0.406 e. The molecule has 1 aromatic rings. The molecule has 40 heavy (non-hydrogen) atoms. The molecule has 18 heteroatoms. The summed E-state index contributed by atoms with van der Waals surface area (Å²) >= 11 is 6.71. The zero-order chi connectivity index (χ0) is 30.6. The van der Waals surface area contributed by atoms with E-state index in [1.54, 1.807) is 39.6 Å². The van der Waals surface area contributed by atoms with Crippen LogP contribution in [0.1, 0.15) is 47.8 Å². The first kappa shape index (κ1) is 34.6. The molecule has 0 unspecified atom stereocenters. The first-order chi connectivity index (χ1) is 18.3. The van der Waals surface area contributed by atoms with E-state index in [0.717, 1.165) is 11.8 Å². The van der Waals surface area contributed by atoms with Crippen molar-refractivity contribution in [3.05, 3.63) is 32.9 Å². The van der Waals surface area contributed by atoms with Crippen molar-refractivity contribution in [1.29, 1.82) is 0 Å². The molecule has 1 aromatic heterocycles. The lowest BCUT2D eigenvalue weighted by atomic mass is 10.00. The average Bonchev–Trinajstić information content (AvgIpc) is 3.05. The molecule has 0 bridgehead atoms. The number of H-pyrrole nitrogens is 1. The highest BCUT2D eigenvalue weighted by molar-refractivity contribution is 8.13. The number of aliphatic hydroxyl groups excluding tert-OH is 1. The number of esters is 1. The molecule has 0 aromatic carbocycles. The lowest BCUT2D eigenvalue weighted by Gasteiger charge is -2.25. The van der Waals surface area contributed by atoms with Gasteiger partial charge in [0.15, 0.2) is 11.3 Å². The maximum atomic E-state index is 15.2. The Hall–Kier alpha value is -1.65. The fraction of sp³-hybridized carbons (Fsp3) is 0.727. The van der Waals surface area contributed by atoms with E-state index < -0.39 is 78.5 Å². The summed E-state index contributed by atoms with van der Waals surface area (Å²) in [5, 5.41) is 9.43. The summed E-state index contributed by atoms with van der Waals surface area (Å²) in [5.41, 5.74) is -3.28. The third-order valence-corrected chi connectivity index (χ3v) is 8.58. The number of aromatic nitrogens is 2. The quantitative estimate of drug-likeness (QED) is 0.132.